The largest absolute Gasteiger partial charge is 0.496 e. The Balaban J connectivity index is 2.29. The van der Waals surface area contributed by atoms with Gasteiger partial charge in [0.25, 0.3) is 11.1 Å². The van der Waals surface area contributed by atoms with Crippen molar-refractivity contribution in [2.45, 2.75) is 6.92 Å². The van der Waals surface area contributed by atoms with Crippen LogP contribution in [0.1, 0.15) is 26.3 Å². The molecule has 2 rings (SSSR count). The van der Waals surface area contributed by atoms with Crippen molar-refractivity contribution >= 4 is 28.4 Å². The summed E-state index contributed by atoms with van der Waals surface area (Å²) in [5.74, 6) is -0.700. The highest BCUT2D eigenvalue weighted by molar-refractivity contribution is 6.68. The second-order valence-corrected chi connectivity index (χ2v) is 4.95. The number of methoxy groups -OCH3 is 1. The van der Waals surface area contributed by atoms with Gasteiger partial charge in [0, 0.05) is 17.3 Å². The van der Waals surface area contributed by atoms with Gasteiger partial charge in [0.15, 0.2) is 0 Å². The summed E-state index contributed by atoms with van der Waals surface area (Å²) < 4.78 is 18.3. The van der Waals surface area contributed by atoms with Crippen LogP contribution in [0.25, 0.3) is 0 Å². The van der Waals surface area contributed by atoms with E-state index in [1.807, 2.05) is 0 Å². The minimum absolute atomic E-state index is 0.198. The van der Waals surface area contributed by atoms with Gasteiger partial charge in [0.2, 0.25) is 0 Å². The van der Waals surface area contributed by atoms with Crippen molar-refractivity contribution in [3.63, 3.8) is 0 Å². The normalized spacial score (nSPS) is 10.2. The molecule has 0 saturated heterocycles. The summed E-state index contributed by atoms with van der Waals surface area (Å²) in [6.07, 6.45) is 0. The first-order valence-corrected chi connectivity index (χ1v) is 6.75. The summed E-state index contributed by atoms with van der Waals surface area (Å²) in [6, 6.07) is 8.42. The van der Waals surface area contributed by atoms with Crippen molar-refractivity contribution in [1.29, 1.82) is 0 Å². The zero-order valence-electron chi connectivity index (χ0n) is 11.9. The molecule has 0 aliphatic carbocycles. The molecule has 0 spiro atoms. The summed E-state index contributed by atoms with van der Waals surface area (Å²) in [7, 11) is 1.39. The summed E-state index contributed by atoms with van der Waals surface area (Å²) in [4.78, 5) is 23.4. The smallest absolute Gasteiger partial charge is 0.256 e. The van der Waals surface area contributed by atoms with Gasteiger partial charge in [-0.3, -0.25) is 9.59 Å². The van der Waals surface area contributed by atoms with E-state index < -0.39 is 17.0 Å². The van der Waals surface area contributed by atoms with Crippen LogP contribution >= 0.6 is 11.6 Å². The number of halogens is 2. The maximum atomic E-state index is 13.3. The fourth-order valence-electron chi connectivity index (χ4n) is 1.97. The van der Waals surface area contributed by atoms with Gasteiger partial charge in [-0.25, -0.2) is 4.39 Å². The first kappa shape index (κ1) is 16.0. The summed E-state index contributed by atoms with van der Waals surface area (Å²) >= 11 is 5.43. The lowest BCUT2D eigenvalue weighted by Crippen LogP contribution is -2.14. The topological polar surface area (TPSA) is 55.4 Å². The molecule has 114 valence electrons. The van der Waals surface area contributed by atoms with Crippen molar-refractivity contribution in [3.8, 4) is 5.75 Å². The van der Waals surface area contributed by atoms with E-state index in [0.29, 0.717) is 11.3 Å². The Morgan fingerprint density at radius 1 is 1.14 bits per heavy atom. The Labute approximate surface area is 131 Å². The molecule has 0 saturated carbocycles. The third kappa shape index (κ3) is 3.43. The highest BCUT2D eigenvalue weighted by Gasteiger charge is 2.14. The van der Waals surface area contributed by atoms with Crippen LogP contribution in [-0.4, -0.2) is 18.3 Å². The van der Waals surface area contributed by atoms with E-state index in [0.717, 1.165) is 0 Å². The monoisotopic (exact) mass is 321 g/mol. The number of amides is 1. The molecule has 0 bridgehead atoms. The first-order valence-electron chi connectivity index (χ1n) is 6.37. The molecule has 0 heterocycles. The molecule has 1 amide bonds. The number of benzene rings is 2. The Morgan fingerprint density at radius 2 is 1.86 bits per heavy atom. The lowest BCUT2D eigenvalue weighted by molar-refractivity contribution is 0.102. The molecular formula is C16H13ClFNO3. The van der Waals surface area contributed by atoms with Crippen LogP contribution in [0.15, 0.2) is 36.4 Å². The van der Waals surface area contributed by atoms with Crippen LogP contribution in [0.5, 0.6) is 5.75 Å². The van der Waals surface area contributed by atoms with E-state index in [2.05, 4.69) is 5.32 Å². The molecule has 0 aliphatic heterocycles. The predicted molar refractivity (Wildman–Crippen MR) is 82.3 cm³/mol. The van der Waals surface area contributed by atoms with Crippen molar-refractivity contribution in [2.75, 3.05) is 12.4 Å². The van der Waals surface area contributed by atoms with Gasteiger partial charge in [0.05, 0.1) is 12.7 Å². The molecule has 0 unspecified atom stereocenters. The fraction of sp³-hybridized carbons (Fsp3) is 0.125. The van der Waals surface area contributed by atoms with Gasteiger partial charge >= 0.3 is 0 Å². The standard InChI is InChI=1S/C16H13ClFNO3/c1-9-3-4-10(18)7-13(9)16(21)19-11-5-6-12(15(17)20)14(8-11)22-2/h3-8H,1-2H3,(H,19,21). The lowest BCUT2D eigenvalue weighted by atomic mass is 10.1. The highest BCUT2D eigenvalue weighted by Crippen LogP contribution is 2.25. The van der Waals surface area contributed by atoms with Crippen molar-refractivity contribution in [2.24, 2.45) is 0 Å². The average Bonchev–Trinajstić information content (AvgIpc) is 2.49. The lowest BCUT2D eigenvalue weighted by Gasteiger charge is -2.10. The molecule has 1 N–H and O–H groups in total. The number of rotatable bonds is 4. The van der Waals surface area contributed by atoms with E-state index in [-0.39, 0.29) is 16.9 Å². The number of ether oxygens (including phenoxy) is 1. The molecule has 2 aromatic carbocycles. The number of anilines is 1. The Bertz CT molecular complexity index is 746. The number of carbonyl (C=O) groups excluding carboxylic acids is 2. The number of hydrogen-bond donors (Lipinski definition) is 1. The second kappa shape index (κ2) is 6.58. The zero-order chi connectivity index (χ0) is 16.3. The summed E-state index contributed by atoms with van der Waals surface area (Å²) in [5.41, 5.74) is 1.49. The SMILES string of the molecule is COc1cc(NC(=O)c2cc(F)ccc2C)ccc1C(=O)Cl. The molecule has 0 fully saturated rings. The van der Waals surface area contributed by atoms with Gasteiger partial charge in [-0.05, 0) is 48.4 Å². The molecule has 2 aromatic rings. The van der Waals surface area contributed by atoms with Crippen molar-refractivity contribution < 1.29 is 18.7 Å². The Hall–Kier alpha value is -2.40. The number of nitrogens with one attached hydrogen (secondary N) is 1. The van der Waals surface area contributed by atoms with Crippen molar-refractivity contribution in [1.82, 2.24) is 0 Å². The Morgan fingerprint density at radius 3 is 2.50 bits per heavy atom. The van der Waals surface area contributed by atoms with Crippen LogP contribution in [0.3, 0.4) is 0 Å². The van der Waals surface area contributed by atoms with E-state index in [4.69, 9.17) is 16.3 Å². The molecule has 4 nitrogen and oxygen atoms in total. The Kier molecular flexibility index (Phi) is 4.78. The minimum Gasteiger partial charge on any atom is -0.496 e. The van der Waals surface area contributed by atoms with Gasteiger partial charge in [-0.2, -0.15) is 0 Å². The molecule has 0 atom stereocenters. The quantitative estimate of drug-likeness (QED) is 0.872. The van der Waals surface area contributed by atoms with Crippen LogP contribution in [0.2, 0.25) is 0 Å². The van der Waals surface area contributed by atoms with Gasteiger partial charge in [0.1, 0.15) is 11.6 Å². The van der Waals surface area contributed by atoms with Gasteiger partial charge < -0.3 is 10.1 Å². The third-order valence-corrected chi connectivity index (χ3v) is 3.32. The highest BCUT2D eigenvalue weighted by atomic mass is 35.5. The van der Waals surface area contributed by atoms with Crippen molar-refractivity contribution in [3.05, 3.63) is 58.9 Å². The molecule has 0 radical (unpaired) electrons. The van der Waals surface area contributed by atoms with E-state index in [1.54, 1.807) is 6.92 Å². The summed E-state index contributed by atoms with van der Waals surface area (Å²) in [5, 5.41) is 1.97. The van der Waals surface area contributed by atoms with Gasteiger partial charge in [-0.15, -0.1) is 0 Å². The predicted octanol–water partition coefficient (Wildman–Crippen LogP) is 3.77. The second-order valence-electron chi connectivity index (χ2n) is 4.60. The van der Waals surface area contributed by atoms with Crippen LogP contribution in [0, 0.1) is 12.7 Å². The third-order valence-electron chi connectivity index (χ3n) is 3.12. The maximum Gasteiger partial charge on any atom is 0.256 e. The summed E-state index contributed by atoms with van der Waals surface area (Å²) in [6.45, 7) is 1.71. The first-order chi connectivity index (χ1) is 10.4. The van der Waals surface area contributed by atoms with E-state index in [9.17, 15) is 14.0 Å². The zero-order valence-corrected chi connectivity index (χ0v) is 12.7. The van der Waals surface area contributed by atoms with Crippen LogP contribution in [0.4, 0.5) is 10.1 Å². The van der Waals surface area contributed by atoms with E-state index >= 15 is 0 Å². The van der Waals surface area contributed by atoms with E-state index in [1.165, 1.54) is 43.5 Å². The fourth-order valence-corrected chi connectivity index (χ4v) is 2.12. The molecule has 22 heavy (non-hydrogen) atoms. The number of carbonyl (C=O) groups is 2. The van der Waals surface area contributed by atoms with Gasteiger partial charge in [-0.1, -0.05) is 6.07 Å². The minimum atomic E-state index is -0.657. The molecular weight excluding hydrogens is 309 g/mol. The molecule has 0 aliphatic rings. The number of hydrogen-bond acceptors (Lipinski definition) is 3. The molecule has 6 heteroatoms. The van der Waals surface area contributed by atoms with Crippen LogP contribution in [-0.2, 0) is 0 Å². The van der Waals surface area contributed by atoms with Crippen LogP contribution < -0.4 is 10.1 Å². The maximum absolute atomic E-state index is 13.3. The average molecular weight is 322 g/mol. The number of aryl methyl sites for hydroxylation is 1. The molecule has 0 aromatic heterocycles.